The number of hydrogen-bond donors (Lipinski definition) is 2. The maximum absolute atomic E-state index is 12.9. The molecule has 2 N–H and O–H groups in total. The molecule has 1 aliphatic rings. The molecule has 1 atom stereocenters. The van der Waals surface area contributed by atoms with Gasteiger partial charge in [0.2, 0.25) is 0 Å². The van der Waals surface area contributed by atoms with E-state index in [4.69, 9.17) is 21.1 Å². The SMILES string of the molecule is Cc1c(COc2cc(OCc3cncc(C#N)c3)c(CN3CCCC[C@H]3C(=O)O)cc2Cl)cccc1-c1cccc(NC(=O)c2ncc(C=O)s2)c1C. The van der Waals surface area contributed by atoms with Crippen molar-refractivity contribution >= 4 is 46.8 Å². The molecule has 3 aromatic carbocycles. The largest absolute Gasteiger partial charge is 0.488 e. The Hall–Kier alpha value is -5.61. The fraction of sp³-hybridized carbons (Fsp3) is 0.250. The number of thiazole rings is 1. The predicted molar refractivity (Wildman–Crippen MR) is 202 cm³/mol. The summed E-state index contributed by atoms with van der Waals surface area (Å²) in [5.74, 6) is -0.361. The van der Waals surface area contributed by atoms with Gasteiger partial charge in [-0.1, -0.05) is 48.4 Å². The molecule has 3 heterocycles. The predicted octanol–water partition coefficient (Wildman–Crippen LogP) is 8.01. The second kappa shape index (κ2) is 16.8. The van der Waals surface area contributed by atoms with E-state index in [2.05, 4.69) is 21.4 Å². The van der Waals surface area contributed by atoms with Crippen molar-refractivity contribution in [1.82, 2.24) is 14.9 Å². The van der Waals surface area contributed by atoms with E-state index in [1.807, 2.05) is 55.1 Å². The number of aldehydes is 1. The van der Waals surface area contributed by atoms with Crippen molar-refractivity contribution in [3.05, 3.63) is 121 Å². The van der Waals surface area contributed by atoms with Gasteiger partial charge in [-0.15, -0.1) is 11.3 Å². The number of rotatable bonds is 13. The lowest BCUT2D eigenvalue weighted by atomic mass is 9.93. The third-order valence-corrected chi connectivity index (χ3v) is 10.5. The summed E-state index contributed by atoms with van der Waals surface area (Å²) in [4.78, 5) is 46.5. The van der Waals surface area contributed by atoms with Crippen LogP contribution in [0.4, 0.5) is 5.69 Å². The molecule has 0 unspecified atom stereocenters. The number of ether oxygens (including phenoxy) is 2. The lowest BCUT2D eigenvalue weighted by Gasteiger charge is -2.33. The van der Waals surface area contributed by atoms with Gasteiger partial charge < -0.3 is 19.9 Å². The number of carboxylic acids is 1. The van der Waals surface area contributed by atoms with Crippen LogP contribution in [0.1, 0.15) is 72.1 Å². The van der Waals surface area contributed by atoms with Crippen molar-refractivity contribution in [2.75, 3.05) is 11.9 Å². The summed E-state index contributed by atoms with van der Waals surface area (Å²) >= 11 is 7.85. The van der Waals surface area contributed by atoms with Crippen LogP contribution in [0.25, 0.3) is 11.1 Å². The van der Waals surface area contributed by atoms with E-state index in [1.54, 1.807) is 24.4 Å². The van der Waals surface area contributed by atoms with Crippen LogP contribution in [0.5, 0.6) is 11.5 Å². The van der Waals surface area contributed by atoms with E-state index in [0.717, 1.165) is 57.6 Å². The second-order valence-electron chi connectivity index (χ2n) is 12.7. The number of halogens is 1. The lowest BCUT2D eigenvalue weighted by Crippen LogP contribution is -2.44. The number of nitrogens with zero attached hydrogens (tertiary/aromatic N) is 4. The minimum atomic E-state index is -0.855. The molecule has 6 rings (SSSR count). The molecule has 11 nitrogen and oxygen atoms in total. The molecular formula is C40H36ClN5O6S. The number of likely N-dealkylation sites (tertiary alicyclic amines) is 1. The van der Waals surface area contributed by atoms with Crippen molar-refractivity contribution in [2.24, 2.45) is 0 Å². The Bertz CT molecular complexity index is 2220. The fourth-order valence-corrected chi connectivity index (χ4v) is 7.25. The third kappa shape index (κ3) is 8.72. The zero-order chi connectivity index (χ0) is 37.5. The summed E-state index contributed by atoms with van der Waals surface area (Å²) < 4.78 is 12.6. The highest BCUT2D eigenvalue weighted by molar-refractivity contribution is 7.15. The van der Waals surface area contributed by atoms with E-state index < -0.39 is 17.9 Å². The first-order chi connectivity index (χ1) is 25.6. The van der Waals surface area contributed by atoms with Gasteiger partial charge in [0.25, 0.3) is 5.91 Å². The van der Waals surface area contributed by atoms with Crippen LogP contribution in [-0.4, -0.2) is 50.7 Å². The highest BCUT2D eigenvalue weighted by Gasteiger charge is 2.29. The van der Waals surface area contributed by atoms with E-state index in [-0.39, 0.29) is 18.2 Å². The molecule has 0 spiro atoms. The number of amides is 1. The Kier molecular flexibility index (Phi) is 11.8. The topological polar surface area (TPSA) is 155 Å². The normalized spacial score (nSPS) is 14.3. The molecule has 1 aliphatic heterocycles. The van der Waals surface area contributed by atoms with Crippen LogP contribution < -0.4 is 14.8 Å². The Labute approximate surface area is 315 Å². The molecule has 270 valence electrons. The van der Waals surface area contributed by atoms with Gasteiger partial charge in [-0.05, 0) is 79.3 Å². The number of aliphatic carboxylic acids is 1. The average molecular weight is 750 g/mol. The molecule has 0 bridgehead atoms. The van der Waals surface area contributed by atoms with Gasteiger partial charge in [-0.2, -0.15) is 5.26 Å². The van der Waals surface area contributed by atoms with E-state index >= 15 is 0 Å². The molecule has 1 fully saturated rings. The lowest BCUT2D eigenvalue weighted by molar-refractivity contribution is -0.144. The number of nitrogens with one attached hydrogen (secondary N) is 1. The van der Waals surface area contributed by atoms with Crippen molar-refractivity contribution < 1.29 is 29.0 Å². The number of hydrogen-bond acceptors (Lipinski definition) is 10. The van der Waals surface area contributed by atoms with Gasteiger partial charge in [0.15, 0.2) is 11.3 Å². The molecule has 13 heteroatoms. The van der Waals surface area contributed by atoms with Gasteiger partial charge in [0.05, 0.1) is 15.5 Å². The first-order valence-corrected chi connectivity index (χ1v) is 18.1. The van der Waals surface area contributed by atoms with Gasteiger partial charge >= 0.3 is 5.97 Å². The summed E-state index contributed by atoms with van der Waals surface area (Å²) in [6.07, 6.45) is 7.48. The Morgan fingerprint density at radius 2 is 1.79 bits per heavy atom. The van der Waals surface area contributed by atoms with Crippen molar-refractivity contribution in [2.45, 2.75) is 58.9 Å². The summed E-state index contributed by atoms with van der Waals surface area (Å²) in [7, 11) is 0. The van der Waals surface area contributed by atoms with E-state index in [0.29, 0.717) is 64.0 Å². The maximum atomic E-state index is 12.9. The summed E-state index contributed by atoms with van der Waals surface area (Å²) in [5, 5.41) is 22.7. The molecule has 0 saturated carbocycles. The van der Waals surface area contributed by atoms with Crippen LogP contribution in [0.2, 0.25) is 5.02 Å². The average Bonchev–Trinajstić information content (AvgIpc) is 3.66. The van der Waals surface area contributed by atoms with Crippen molar-refractivity contribution in [1.29, 1.82) is 5.26 Å². The fourth-order valence-electron chi connectivity index (χ4n) is 6.38. The summed E-state index contributed by atoms with van der Waals surface area (Å²) in [6, 6.07) is 18.3. The van der Waals surface area contributed by atoms with Crippen LogP contribution in [0.15, 0.2) is 73.2 Å². The zero-order valence-corrected chi connectivity index (χ0v) is 30.7. The number of benzene rings is 3. The van der Waals surface area contributed by atoms with Gasteiger partial charge in [-0.3, -0.25) is 24.3 Å². The number of carbonyl (C=O) groups excluding carboxylic acids is 2. The molecule has 2 aromatic heterocycles. The van der Waals surface area contributed by atoms with E-state index in [1.165, 1.54) is 12.4 Å². The van der Waals surface area contributed by atoms with Crippen molar-refractivity contribution in [3.8, 4) is 28.7 Å². The van der Waals surface area contributed by atoms with Gasteiger partial charge in [0.1, 0.15) is 36.8 Å². The minimum Gasteiger partial charge on any atom is -0.488 e. The minimum absolute atomic E-state index is 0.128. The van der Waals surface area contributed by atoms with Gasteiger partial charge in [0, 0.05) is 48.0 Å². The standard InChI is InChI=1S/C40H36ClN5O6S/c1-24-28(7-5-8-31(24)32-9-6-10-34(25(32)2)45-38(48)39-44-19-30(21-47)53-39)23-52-37-15-36(51-22-27-13-26(16-42)17-43-18-27)29(14-33(37)41)20-46-12-4-3-11-35(46)40(49)50/h5-10,13-15,17-19,21,35H,3-4,11-12,20,22-23H2,1-2H3,(H,45,48)(H,49,50)/t35-/m0/s1. The molecule has 1 saturated heterocycles. The summed E-state index contributed by atoms with van der Waals surface area (Å²) in [6.45, 7) is 5.23. The Morgan fingerprint density at radius 1 is 1.02 bits per heavy atom. The second-order valence-corrected chi connectivity index (χ2v) is 14.2. The van der Waals surface area contributed by atoms with Gasteiger partial charge in [-0.25, -0.2) is 4.98 Å². The first kappa shape index (κ1) is 37.2. The number of carboxylic acid groups (broad SMARTS) is 1. The number of nitriles is 1. The van der Waals surface area contributed by atoms with Crippen LogP contribution in [-0.2, 0) is 24.6 Å². The smallest absolute Gasteiger partial charge is 0.320 e. The number of aromatic nitrogens is 2. The molecule has 0 radical (unpaired) electrons. The zero-order valence-electron chi connectivity index (χ0n) is 29.1. The van der Waals surface area contributed by atoms with Crippen LogP contribution in [0, 0.1) is 25.2 Å². The monoisotopic (exact) mass is 749 g/mol. The number of piperidine rings is 1. The Morgan fingerprint density at radius 3 is 2.55 bits per heavy atom. The van der Waals surface area contributed by atoms with Crippen molar-refractivity contribution in [3.63, 3.8) is 0 Å². The number of pyridine rings is 1. The number of anilines is 1. The molecule has 1 amide bonds. The molecule has 0 aliphatic carbocycles. The molecule has 5 aromatic rings. The molecule has 53 heavy (non-hydrogen) atoms. The number of carbonyl (C=O) groups is 3. The van der Waals surface area contributed by atoms with E-state index in [9.17, 15) is 24.8 Å². The van der Waals surface area contributed by atoms with Crippen LogP contribution >= 0.6 is 22.9 Å². The highest BCUT2D eigenvalue weighted by Crippen LogP contribution is 2.37. The summed E-state index contributed by atoms with van der Waals surface area (Å²) in [5.41, 5.74) is 7.13. The Balaban J connectivity index is 1.24. The maximum Gasteiger partial charge on any atom is 0.320 e. The highest BCUT2D eigenvalue weighted by atomic mass is 35.5. The quantitative estimate of drug-likeness (QED) is 0.113. The third-order valence-electron chi connectivity index (χ3n) is 9.24. The van der Waals surface area contributed by atoms with Crippen LogP contribution in [0.3, 0.4) is 0 Å². The molecular weight excluding hydrogens is 714 g/mol. The first-order valence-electron chi connectivity index (χ1n) is 16.9.